The summed E-state index contributed by atoms with van der Waals surface area (Å²) in [5.74, 6) is 0.0898. The molecule has 1 amide bonds. The van der Waals surface area contributed by atoms with E-state index >= 15 is 0 Å². The first kappa shape index (κ1) is 22.9. The average molecular weight is 434 g/mol. The minimum absolute atomic E-state index is 0. The zero-order chi connectivity index (χ0) is 19.3. The van der Waals surface area contributed by atoms with E-state index in [-0.39, 0.29) is 29.1 Å². The third-order valence-electron chi connectivity index (χ3n) is 4.77. The molecule has 0 radical (unpaired) electrons. The third-order valence-corrected chi connectivity index (χ3v) is 6.69. The molecule has 10 heteroatoms. The molecule has 1 atom stereocenters. The first-order valence-electron chi connectivity index (χ1n) is 9.38. The fourth-order valence-electron chi connectivity index (χ4n) is 3.31. The number of sulfonamides is 1. The summed E-state index contributed by atoms with van der Waals surface area (Å²) in [4.78, 5) is 12.6. The second kappa shape index (κ2) is 10.4. The Labute approximate surface area is 172 Å². The van der Waals surface area contributed by atoms with Gasteiger partial charge in [0.1, 0.15) is 10.6 Å². The molecule has 3 rings (SSSR count). The molecule has 8 nitrogen and oxygen atoms in total. The first-order valence-corrected chi connectivity index (χ1v) is 10.8. The molecule has 0 aliphatic carbocycles. The largest absolute Gasteiger partial charge is 0.492 e. The number of hydrogen-bond donors (Lipinski definition) is 2. The van der Waals surface area contributed by atoms with Crippen LogP contribution in [0.3, 0.4) is 0 Å². The monoisotopic (exact) mass is 433 g/mol. The molecule has 0 saturated carbocycles. The number of hydrogen-bond acceptors (Lipinski definition) is 6. The topological polar surface area (TPSA) is 97.0 Å². The minimum Gasteiger partial charge on any atom is -0.492 e. The molecule has 2 fully saturated rings. The SMILES string of the molecule is CCOc1ccc(NC(=O)C2CCCNC2)cc1S(=O)(=O)N1CCOCC1.Cl. The third kappa shape index (κ3) is 5.36. The van der Waals surface area contributed by atoms with Crippen molar-refractivity contribution >= 4 is 34.0 Å². The number of ether oxygens (including phenoxy) is 2. The minimum atomic E-state index is -3.73. The Balaban J connectivity index is 0.00000280. The Kier molecular flexibility index (Phi) is 8.51. The maximum atomic E-state index is 13.1. The Hall–Kier alpha value is -1.39. The number of carbonyl (C=O) groups is 1. The second-order valence-electron chi connectivity index (χ2n) is 6.64. The summed E-state index contributed by atoms with van der Waals surface area (Å²) in [5.41, 5.74) is 0.459. The first-order chi connectivity index (χ1) is 13.0. The van der Waals surface area contributed by atoms with Gasteiger partial charge in [-0.05, 0) is 44.5 Å². The number of anilines is 1. The molecule has 1 aromatic carbocycles. The zero-order valence-corrected chi connectivity index (χ0v) is 17.6. The highest BCUT2D eigenvalue weighted by Crippen LogP contribution is 2.31. The van der Waals surface area contributed by atoms with E-state index in [1.807, 2.05) is 0 Å². The van der Waals surface area contributed by atoms with E-state index in [0.29, 0.717) is 50.9 Å². The Morgan fingerprint density at radius 2 is 2.11 bits per heavy atom. The Morgan fingerprint density at radius 3 is 2.75 bits per heavy atom. The van der Waals surface area contributed by atoms with Crippen molar-refractivity contribution in [2.45, 2.75) is 24.7 Å². The summed E-state index contributed by atoms with van der Waals surface area (Å²) in [7, 11) is -3.73. The van der Waals surface area contributed by atoms with Crippen molar-refractivity contribution in [2.75, 3.05) is 51.3 Å². The van der Waals surface area contributed by atoms with Crippen LogP contribution in [0, 0.1) is 5.92 Å². The number of carbonyl (C=O) groups excluding carboxylic acids is 1. The maximum Gasteiger partial charge on any atom is 0.246 e. The quantitative estimate of drug-likeness (QED) is 0.705. The van der Waals surface area contributed by atoms with Gasteiger partial charge in [-0.1, -0.05) is 0 Å². The van der Waals surface area contributed by atoms with Gasteiger partial charge in [0.25, 0.3) is 0 Å². The highest BCUT2D eigenvalue weighted by Gasteiger charge is 2.30. The van der Waals surface area contributed by atoms with Gasteiger partial charge < -0.3 is 20.1 Å². The number of nitrogens with zero attached hydrogens (tertiary/aromatic N) is 1. The van der Waals surface area contributed by atoms with Gasteiger partial charge in [0.05, 0.1) is 25.7 Å². The molecule has 2 aliphatic rings. The van der Waals surface area contributed by atoms with Gasteiger partial charge in [0.15, 0.2) is 0 Å². The Morgan fingerprint density at radius 1 is 1.36 bits per heavy atom. The van der Waals surface area contributed by atoms with E-state index in [0.717, 1.165) is 19.4 Å². The molecule has 2 aliphatic heterocycles. The normalized spacial score (nSPS) is 20.8. The summed E-state index contributed by atoms with van der Waals surface area (Å²) in [6, 6.07) is 4.77. The highest BCUT2D eigenvalue weighted by atomic mass is 35.5. The van der Waals surface area contributed by atoms with Crippen molar-refractivity contribution in [3.63, 3.8) is 0 Å². The van der Waals surface area contributed by atoms with E-state index in [9.17, 15) is 13.2 Å². The predicted octanol–water partition coefficient (Wildman–Crippen LogP) is 1.47. The molecule has 2 N–H and O–H groups in total. The van der Waals surface area contributed by atoms with E-state index in [2.05, 4.69) is 10.6 Å². The second-order valence-corrected chi connectivity index (χ2v) is 8.55. The van der Waals surface area contributed by atoms with Crippen molar-refractivity contribution in [1.29, 1.82) is 0 Å². The zero-order valence-electron chi connectivity index (χ0n) is 16.0. The van der Waals surface area contributed by atoms with E-state index in [1.165, 1.54) is 10.4 Å². The predicted molar refractivity (Wildman–Crippen MR) is 109 cm³/mol. The van der Waals surface area contributed by atoms with Crippen LogP contribution in [0.15, 0.2) is 23.1 Å². The van der Waals surface area contributed by atoms with Crippen molar-refractivity contribution in [3.05, 3.63) is 18.2 Å². The lowest BCUT2D eigenvalue weighted by Crippen LogP contribution is -2.40. The van der Waals surface area contributed by atoms with Gasteiger partial charge in [0.2, 0.25) is 15.9 Å². The molecule has 28 heavy (non-hydrogen) atoms. The number of halogens is 1. The van der Waals surface area contributed by atoms with Gasteiger partial charge >= 0.3 is 0 Å². The average Bonchev–Trinajstić information content (AvgIpc) is 2.70. The number of rotatable bonds is 6. The van der Waals surface area contributed by atoms with Gasteiger partial charge in [-0.15, -0.1) is 12.4 Å². The van der Waals surface area contributed by atoms with Crippen LogP contribution in [0.2, 0.25) is 0 Å². The lowest BCUT2D eigenvalue weighted by atomic mass is 9.99. The van der Waals surface area contributed by atoms with Crippen LogP contribution in [0.1, 0.15) is 19.8 Å². The lowest BCUT2D eigenvalue weighted by molar-refractivity contribution is -0.120. The molecule has 1 aromatic rings. The standard InChI is InChI=1S/C18H27N3O5S.ClH/c1-2-26-16-6-5-15(20-18(22)14-4-3-7-19-13-14)12-17(16)27(23,24)21-8-10-25-11-9-21;/h5-6,12,14,19H,2-4,7-11,13H2,1H3,(H,20,22);1H. The van der Waals surface area contributed by atoms with Crippen molar-refractivity contribution < 1.29 is 22.7 Å². The summed E-state index contributed by atoms with van der Waals surface area (Å²) in [6.07, 6.45) is 1.78. The van der Waals surface area contributed by atoms with E-state index < -0.39 is 10.0 Å². The lowest BCUT2D eigenvalue weighted by Gasteiger charge is -2.27. The Bertz CT molecular complexity index is 762. The van der Waals surface area contributed by atoms with Crippen LogP contribution >= 0.6 is 12.4 Å². The fourth-order valence-corrected chi connectivity index (χ4v) is 4.87. The van der Waals surface area contributed by atoms with Crippen LogP contribution in [-0.2, 0) is 19.6 Å². The van der Waals surface area contributed by atoms with Gasteiger partial charge in [-0.25, -0.2) is 8.42 Å². The highest BCUT2D eigenvalue weighted by molar-refractivity contribution is 7.89. The van der Waals surface area contributed by atoms with Gasteiger partial charge in [-0.3, -0.25) is 4.79 Å². The molecule has 158 valence electrons. The number of amides is 1. The molecule has 2 heterocycles. The molecule has 0 aromatic heterocycles. The fraction of sp³-hybridized carbons (Fsp3) is 0.611. The molecular formula is C18H28ClN3O5S. The van der Waals surface area contributed by atoms with Crippen molar-refractivity contribution in [1.82, 2.24) is 9.62 Å². The summed E-state index contributed by atoms with van der Waals surface area (Å²) in [5, 5.41) is 6.07. The molecule has 1 unspecified atom stereocenters. The summed E-state index contributed by atoms with van der Waals surface area (Å²) < 4.78 is 38.4. The molecule has 0 bridgehead atoms. The van der Waals surface area contributed by atoms with Crippen molar-refractivity contribution in [2.24, 2.45) is 5.92 Å². The maximum absolute atomic E-state index is 13.1. The summed E-state index contributed by atoms with van der Waals surface area (Å²) >= 11 is 0. The van der Waals surface area contributed by atoms with Crippen LogP contribution in [0.5, 0.6) is 5.75 Å². The summed E-state index contributed by atoms with van der Waals surface area (Å²) in [6.45, 7) is 5.07. The van der Waals surface area contributed by atoms with Crippen LogP contribution in [0.4, 0.5) is 5.69 Å². The number of morpholine rings is 1. The van der Waals surface area contributed by atoms with Crippen LogP contribution in [0.25, 0.3) is 0 Å². The molecule has 0 spiro atoms. The van der Waals surface area contributed by atoms with Crippen LogP contribution in [-0.4, -0.2) is 64.6 Å². The number of piperidine rings is 1. The van der Waals surface area contributed by atoms with Gasteiger partial charge in [0, 0.05) is 25.3 Å². The van der Waals surface area contributed by atoms with Gasteiger partial charge in [-0.2, -0.15) is 4.31 Å². The number of nitrogens with one attached hydrogen (secondary N) is 2. The van der Waals surface area contributed by atoms with Crippen molar-refractivity contribution in [3.8, 4) is 5.75 Å². The number of benzene rings is 1. The molecule has 2 saturated heterocycles. The van der Waals surface area contributed by atoms with Crippen LogP contribution < -0.4 is 15.4 Å². The van der Waals surface area contributed by atoms with E-state index in [4.69, 9.17) is 9.47 Å². The molecular weight excluding hydrogens is 406 g/mol. The van der Waals surface area contributed by atoms with E-state index in [1.54, 1.807) is 19.1 Å². The smallest absolute Gasteiger partial charge is 0.246 e.